The van der Waals surface area contributed by atoms with Crippen LogP contribution in [0.15, 0.2) is 0 Å². The van der Waals surface area contributed by atoms with E-state index in [4.69, 9.17) is 0 Å². The van der Waals surface area contributed by atoms with Crippen molar-refractivity contribution < 1.29 is 9.09 Å². The molecule has 0 spiro atoms. The Morgan fingerprint density at radius 3 is 2.33 bits per heavy atom. The first-order valence-corrected chi connectivity index (χ1v) is 3.74. The summed E-state index contributed by atoms with van der Waals surface area (Å²) in [5.41, 5.74) is 0.282. The highest BCUT2D eigenvalue weighted by atomic mass is 31.1. The zero-order chi connectivity index (χ0) is 7.33. The minimum atomic E-state index is -0.207. The van der Waals surface area contributed by atoms with Crippen LogP contribution in [-0.2, 0) is 9.09 Å². The second-order valence-corrected chi connectivity index (χ2v) is 3.63. The van der Waals surface area contributed by atoms with Crippen LogP contribution in [0, 0.1) is 5.41 Å². The lowest BCUT2D eigenvalue weighted by Crippen LogP contribution is -2.07. The zero-order valence-electron chi connectivity index (χ0n) is 6.18. The maximum atomic E-state index is 9.77. The summed E-state index contributed by atoms with van der Waals surface area (Å²) in [4.78, 5) is 0. The Balaban J connectivity index is 3.17. The van der Waals surface area contributed by atoms with Crippen LogP contribution < -0.4 is 0 Å². The molecule has 0 saturated carbocycles. The Kier molecular flexibility index (Phi) is 4.00. The van der Waals surface area contributed by atoms with Gasteiger partial charge < -0.3 is 0 Å². The van der Waals surface area contributed by atoms with Crippen molar-refractivity contribution in [1.82, 2.24) is 0 Å². The SMILES string of the molecule is CC(C)(C)CCOP=O. The molecule has 9 heavy (non-hydrogen) atoms. The molecule has 0 aliphatic heterocycles. The first-order chi connectivity index (χ1) is 4.06. The maximum Gasteiger partial charge on any atom is 0.327 e. The van der Waals surface area contributed by atoms with Gasteiger partial charge in [0.05, 0.1) is 6.61 Å². The Bertz CT molecular complexity index is 85.5. The Morgan fingerprint density at radius 2 is 2.00 bits per heavy atom. The molecule has 0 bridgehead atoms. The lowest BCUT2D eigenvalue weighted by molar-refractivity contribution is 0.259. The summed E-state index contributed by atoms with van der Waals surface area (Å²) >= 11 is 0. The van der Waals surface area contributed by atoms with Crippen LogP contribution >= 0.6 is 8.69 Å². The van der Waals surface area contributed by atoms with Gasteiger partial charge in [0, 0.05) is 0 Å². The Hall–Kier alpha value is 0.0600. The third-order valence-electron chi connectivity index (χ3n) is 0.996. The highest BCUT2D eigenvalue weighted by Crippen LogP contribution is 2.18. The fourth-order valence-corrected chi connectivity index (χ4v) is 0.555. The van der Waals surface area contributed by atoms with Gasteiger partial charge in [0.25, 0.3) is 0 Å². The van der Waals surface area contributed by atoms with Crippen LogP contribution in [-0.4, -0.2) is 6.61 Å². The van der Waals surface area contributed by atoms with Gasteiger partial charge in [-0.25, -0.2) is 4.57 Å². The molecule has 0 amide bonds. The molecule has 0 N–H and O–H groups in total. The topological polar surface area (TPSA) is 26.3 Å². The van der Waals surface area contributed by atoms with E-state index in [0.717, 1.165) is 6.42 Å². The van der Waals surface area contributed by atoms with Crippen molar-refractivity contribution in [3.63, 3.8) is 0 Å². The quantitative estimate of drug-likeness (QED) is 0.454. The molecule has 0 heterocycles. The van der Waals surface area contributed by atoms with Gasteiger partial charge in [-0.15, -0.1) is 0 Å². The summed E-state index contributed by atoms with van der Waals surface area (Å²) in [6.07, 6.45) is 0.947. The van der Waals surface area contributed by atoms with E-state index in [-0.39, 0.29) is 14.1 Å². The Labute approximate surface area is 57.9 Å². The fraction of sp³-hybridized carbons (Fsp3) is 1.00. The monoisotopic (exact) mass is 148 g/mol. The average molecular weight is 148 g/mol. The van der Waals surface area contributed by atoms with Gasteiger partial charge in [-0.05, 0) is 11.8 Å². The largest absolute Gasteiger partial charge is 0.327 e. The summed E-state index contributed by atoms with van der Waals surface area (Å²) < 4.78 is 14.4. The Morgan fingerprint density at radius 1 is 1.44 bits per heavy atom. The van der Waals surface area contributed by atoms with Crippen molar-refractivity contribution >= 4 is 8.69 Å². The van der Waals surface area contributed by atoms with Crippen LogP contribution in [0.1, 0.15) is 27.2 Å². The van der Waals surface area contributed by atoms with Crippen molar-refractivity contribution in [3.05, 3.63) is 0 Å². The predicted octanol–water partition coefficient (Wildman–Crippen LogP) is 2.65. The van der Waals surface area contributed by atoms with Crippen LogP contribution in [0.5, 0.6) is 0 Å². The molecule has 3 heteroatoms. The molecule has 0 saturated heterocycles. The van der Waals surface area contributed by atoms with Gasteiger partial charge in [-0.2, -0.15) is 0 Å². The summed E-state index contributed by atoms with van der Waals surface area (Å²) in [5, 5.41) is 0. The normalized spacial score (nSPS) is 12.3. The standard InChI is InChI=1S/C6H13O2P/c1-6(2,3)4-5-8-9-7/h4-5H2,1-3H3. The molecule has 0 aromatic carbocycles. The summed E-state index contributed by atoms with van der Waals surface area (Å²) in [6.45, 7) is 6.95. The van der Waals surface area contributed by atoms with Crippen molar-refractivity contribution in [2.75, 3.05) is 6.61 Å². The first kappa shape index (κ1) is 9.06. The number of rotatable bonds is 3. The van der Waals surface area contributed by atoms with Crippen molar-refractivity contribution in [2.24, 2.45) is 5.41 Å². The summed E-state index contributed by atoms with van der Waals surface area (Å²) in [7, 11) is -0.207. The van der Waals surface area contributed by atoms with Gasteiger partial charge in [0.1, 0.15) is 0 Å². The lowest BCUT2D eigenvalue weighted by Gasteiger charge is -2.15. The molecule has 0 fully saturated rings. The van der Waals surface area contributed by atoms with Gasteiger partial charge in [0.15, 0.2) is 0 Å². The smallest absolute Gasteiger partial charge is 0.294 e. The summed E-state index contributed by atoms with van der Waals surface area (Å²) in [6, 6.07) is 0. The molecular formula is C6H13O2P. The minimum Gasteiger partial charge on any atom is -0.294 e. The average Bonchev–Trinajstić information content (AvgIpc) is 1.63. The summed E-state index contributed by atoms with van der Waals surface area (Å²) in [5.74, 6) is 0. The van der Waals surface area contributed by atoms with Crippen LogP contribution in [0.4, 0.5) is 0 Å². The van der Waals surface area contributed by atoms with E-state index < -0.39 is 0 Å². The zero-order valence-corrected chi connectivity index (χ0v) is 7.07. The van der Waals surface area contributed by atoms with Gasteiger partial charge >= 0.3 is 8.69 Å². The molecule has 2 nitrogen and oxygen atoms in total. The highest BCUT2D eigenvalue weighted by molar-refractivity contribution is 7.17. The van der Waals surface area contributed by atoms with Crippen molar-refractivity contribution in [1.29, 1.82) is 0 Å². The van der Waals surface area contributed by atoms with Crippen LogP contribution in [0.3, 0.4) is 0 Å². The third kappa shape index (κ3) is 8.06. The molecule has 54 valence electrons. The van der Waals surface area contributed by atoms with E-state index in [2.05, 4.69) is 25.3 Å². The lowest BCUT2D eigenvalue weighted by atomic mass is 9.93. The highest BCUT2D eigenvalue weighted by Gasteiger charge is 2.08. The van der Waals surface area contributed by atoms with E-state index in [0.29, 0.717) is 6.61 Å². The van der Waals surface area contributed by atoms with Crippen molar-refractivity contribution in [3.8, 4) is 0 Å². The molecule has 0 unspecified atom stereocenters. The number of hydrogen-bond donors (Lipinski definition) is 0. The molecule has 0 aromatic rings. The third-order valence-corrected chi connectivity index (χ3v) is 1.28. The molecule has 0 aliphatic carbocycles. The van der Waals surface area contributed by atoms with E-state index in [9.17, 15) is 4.57 Å². The molecular weight excluding hydrogens is 135 g/mol. The van der Waals surface area contributed by atoms with Crippen molar-refractivity contribution in [2.45, 2.75) is 27.2 Å². The number of hydrogen-bond acceptors (Lipinski definition) is 2. The van der Waals surface area contributed by atoms with Gasteiger partial charge in [-0.1, -0.05) is 20.8 Å². The fourth-order valence-electron chi connectivity index (χ4n) is 0.389. The van der Waals surface area contributed by atoms with E-state index in [1.54, 1.807) is 0 Å². The second-order valence-electron chi connectivity index (χ2n) is 3.22. The van der Waals surface area contributed by atoms with E-state index in [1.807, 2.05) is 0 Å². The van der Waals surface area contributed by atoms with Crippen LogP contribution in [0.2, 0.25) is 0 Å². The van der Waals surface area contributed by atoms with Gasteiger partial charge in [0.2, 0.25) is 0 Å². The molecule has 0 aliphatic rings. The molecule has 0 atom stereocenters. The second kappa shape index (κ2) is 3.97. The molecule has 0 radical (unpaired) electrons. The maximum absolute atomic E-state index is 9.77. The predicted molar refractivity (Wildman–Crippen MR) is 37.6 cm³/mol. The van der Waals surface area contributed by atoms with Crippen LogP contribution in [0.25, 0.3) is 0 Å². The first-order valence-electron chi connectivity index (χ1n) is 3.01. The molecule has 0 aromatic heterocycles. The van der Waals surface area contributed by atoms with E-state index >= 15 is 0 Å². The van der Waals surface area contributed by atoms with E-state index in [1.165, 1.54) is 0 Å². The molecule has 0 rings (SSSR count). The van der Waals surface area contributed by atoms with Gasteiger partial charge in [-0.3, -0.25) is 4.52 Å². The minimum absolute atomic E-state index is 0.207.